The molecule has 0 saturated heterocycles. The molecule has 9 heteroatoms. The third-order valence-corrected chi connectivity index (χ3v) is 6.18. The van der Waals surface area contributed by atoms with Crippen molar-refractivity contribution in [1.29, 1.82) is 0 Å². The van der Waals surface area contributed by atoms with Crippen LogP contribution >= 0.6 is 15.9 Å². The van der Waals surface area contributed by atoms with E-state index in [0.29, 0.717) is 10.2 Å². The maximum Gasteiger partial charge on any atom is 0.340 e. The summed E-state index contributed by atoms with van der Waals surface area (Å²) in [4.78, 5) is 24.8. The summed E-state index contributed by atoms with van der Waals surface area (Å²) in [5.74, 6) is -1.31. The number of benzene rings is 2. The number of ether oxygens (including phenoxy) is 1. The molecule has 0 heterocycles. The molecule has 0 saturated carbocycles. The molecule has 0 aliphatic rings. The van der Waals surface area contributed by atoms with Crippen LogP contribution in [0.15, 0.2) is 51.8 Å². The minimum atomic E-state index is -3.78. The van der Waals surface area contributed by atoms with Crippen molar-refractivity contribution in [3.8, 4) is 0 Å². The molecule has 7 nitrogen and oxygen atoms in total. The molecule has 2 N–H and O–H groups in total. The Morgan fingerprint density at radius 3 is 2.24 bits per heavy atom. The summed E-state index contributed by atoms with van der Waals surface area (Å²) < 4.78 is 32.7. The summed E-state index contributed by atoms with van der Waals surface area (Å²) in [5, 5.41) is 2.66. The molecule has 156 valence electrons. The first-order chi connectivity index (χ1) is 13.5. The largest absolute Gasteiger partial charge is 0.449 e. The van der Waals surface area contributed by atoms with E-state index in [1.165, 1.54) is 25.1 Å². The van der Waals surface area contributed by atoms with Gasteiger partial charge in [-0.3, -0.25) is 4.79 Å². The van der Waals surface area contributed by atoms with E-state index in [1.54, 1.807) is 26.0 Å². The number of aryl methyl sites for hydroxylation is 1. The third-order valence-electron chi connectivity index (χ3n) is 3.83. The predicted octanol–water partition coefficient (Wildman–Crippen LogP) is 3.63. The highest BCUT2D eigenvalue weighted by atomic mass is 79.9. The van der Waals surface area contributed by atoms with Gasteiger partial charge < -0.3 is 10.1 Å². The minimum Gasteiger partial charge on any atom is -0.449 e. The predicted molar refractivity (Wildman–Crippen MR) is 114 cm³/mol. The van der Waals surface area contributed by atoms with Crippen molar-refractivity contribution in [3.05, 3.63) is 58.1 Å². The van der Waals surface area contributed by atoms with Gasteiger partial charge in [-0.1, -0.05) is 17.7 Å². The van der Waals surface area contributed by atoms with Crippen LogP contribution in [-0.4, -0.2) is 32.4 Å². The number of hydrogen-bond acceptors (Lipinski definition) is 5. The highest BCUT2D eigenvalue weighted by Gasteiger charge is 2.23. The standard InChI is InChI=1S/C20H23BrN2O5S/c1-12(2)23-29(26,27)16-9-10-18(21)17(11-16)20(25)28-14(4)19(24)22-15-7-5-13(3)6-8-15/h5-12,14,23H,1-4H3,(H,22,24)/t14-/m0/s1. The number of rotatable bonds is 7. The average Bonchev–Trinajstić information content (AvgIpc) is 2.62. The Hall–Kier alpha value is -2.23. The number of sulfonamides is 1. The Morgan fingerprint density at radius 2 is 1.66 bits per heavy atom. The Labute approximate surface area is 179 Å². The van der Waals surface area contributed by atoms with E-state index in [0.717, 1.165) is 5.56 Å². The number of esters is 1. The first-order valence-electron chi connectivity index (χ1n) is 8.90. The van der Waals surface area contributed by atoms with Crippen LogP contribution in [0, 0.1) is 6.92 Å². The number of halogens is 1. The van der Waals surface area contributed by atoms with Gasteiger partial charge in [-0.15, -0.1) is 0 Å². The number of carbonyl (C=O) groups is 2. The molecule has 1 amide bonds. The summed E-state index contributed by atoms with van der Waals surface area (Å²) in [5.41, 5.74) is 1.64. The van der Waals surface area contributed by atoms with E-state index >= 15 is 0 Å². The van der Waals surface area contributed by atoms with Crippen molar-refractivity contribution >= 4 is 43.5 Å². The first kappa shape index (κ1) is 23.1. The van der Waals surface area contributed by atoms with Gasteiger partial charge in [0.25, 0.3) is 5.91 Å². The van der Waals surface area contributed by atoms with E-state index < -0.39 is 28.0 Å². The molecule has 0 aliphatic carbocycles. The van der Waals surface area contributed by atoms with Gasteiger partial charge in [-0.05, 0) is 74.0 Å². The summed E-state index contributed by atoms with van der Waals surface area (Å²) in [7, 11) is -3.78. The van der Waals surface area contributed by atoms with E-state index in [9.17, 15) is 18.0 Å². The van der Waals surface area contributed by atoms with E-state index in [4.69, 9.17) is 4.74 Å². The molecule has 0 unspecified atom stereocenters. The van der Waals surface area contributed by atoms with Gasteiger partial charge >= 0.3 is 5.97 Å². The Bertz CT molecular complexity index is 1000. The smallest absolute Gasteiger partial charge is 0.340 e. The molecule has 0 fully saturated rings. The van der Waals surface area contributed by atoms with Gasteiger partial charge in [0.1, 0.15) is 0 Å². The lowest BCUT2D eigenvalue weighted by molar-refractivity contribution is -0.123. The number of carbonyl (C=O) groups excluding carboxylic acids is 2. The van der Waals surface area contributed by atoms with Crippen LogP contribution in [0.2, 0.25) is 0 Å². The average molecular weight is 483 g/mol. The van der Waals surface area contributed by atoms with Crippen molar-refractivity contribution in [3.63, 3.8) is 0 Å². The molecule has 0 bridgehead atoms. The molecule has 29 heavy (non-hydrogen) atoms. The van der Waals surface area contributed by atoms with Crippen molar-refractivity contribution in [2.24, 2.45) is 0 Å². The van der Waals surface area contributed by atoms with Crippen LogP contribution in [0.5, 0.6) is 0 Å². The summed E-state index contributed by atoms with van der Waals surface area (Å²) in [6.45, 7) is 6.76. The van der Waals surface area contributed by atoms with Crippen LogP contribution in [0.1, 0.15) is 36.7 Å². The molecule has 0 radical (unpaired) electrons. The first-order valence-corrected chi connectivity index (χ1v) is 11.2. The fourth-order valence-electron chi connectivity index (χ4n) is 2.36. The maximum absolute atomic E-state index is 12.5. The Morgan fingerprint density at radius 1 is 1.03 bits per heavy atom. The van der Waals surface area contributed by atoms with Crippen molar-refractivity contribution in [2.75, 3.05) is 5.32 Å². The fraction of sp³-hybridized carbons (Fsp3) is 0.300. The van der Waals surface area contributed by atoms with Gasteiger partial charge in [0.15, 0.2) is 6.10 Å². The van der Waals surface area contributed by atoms with E-state index in [-0.39, 0.29) is 16.5 Å². The maximum atomic E-state index is 12.5. The quantitative estimate of drug-likeness (QED) is 0.586. The Balaban J connectivity index is 2.14. The summed E-state index contributed by atoms with van der Waals surface area (Å²) in [6, 6.07) is 10.9. The topological polar surface area (TPSA) is 102 Å². The second-order valence-corrected chi connectivity index (χ2v) is 9.39. The fourth-order valence-corrected chi connectivity index (χ4v) is 4.05. The minimum absolute atomic E-state index is 0.00613. The SMILES string of the molecule is Cc1ccc(NC(=O)[C@H](C)OC(=O)c2cc(S(=O)(=O)NC(C)C)ccc2Br)cc1. The number of anilines is 1. The summed E-state index contributed by atoms with van der Waals surface area (Å²) in [6.07, 6.45) is -1.08. The molecule has 2 rings (SSSR count). The van der Waals surface area contributed by atoms with Crippen molar-refractivity contribution < 1.29 is 22.7 Å². The second kappa shape index (κ2) is 9.51. The normalized spacial score (nSPS) is 12.5. The molecule has 0 aliphatic heterocycles. The van der Waals surface area contributed by atoms with Crippen LogP contribution in [0.4, 0.5) is 5.69 Å². The van der Waals surface area contributed by atoms with Crippen LogP contribution in [0.25, 0.3) is 0 Å². The van der Waals surface area contributed by atoms with Gasteiger partial charge in [0, 0.05) is 16.2 Å². The molecular weight excluding hydrogens is 460 g/mol. The van der Waals surface area contributed by atoms with Crippen molar-refractivity contribution in [1.82, 2.24) is 4.72 Å². The van der Waals surface area contributed by atoms with Gasteiger partial charge in [-0.25, -0.2) is 17.9 Å². The number of amides is 1. The highest BCUT2D eigenvalue weighted by molar-refractivity contribution is 9.10. The lowest BCUT2D eigenvalue weighted by atomic mass is 10.2. The molecule has 0 aromatic heterocycles. The van der Waals surface area contributed by atoms with Crippen molar-refractivity contribution in [2.45, 2.75) is 44.7 Å². The monoisotopic (exact) mass is 482 g/mol. The lowest BCUT2D eigenvalue weighted by Gasteiger charge is -2.15. The second-order valence-electron chi connectivity index (χ2n) is 6.82. The van der Waals surface area contributed by atoms with E-state index in [2.05, 4.69) is 26.0 Å². The van der Waals surface area contributed by atoms with Gasteiger partial charge in [0.05, 0.1) is 10.5 Å². The zero-order chi connectivity index (χ0) is 21.8. The molecule has 0 spiro atoms. The lowest BCUT2D eigenvalue weighted by Crippen LogP contribution is -2.31. The molecular formula is C20H23BrN2O5S. The number of hydrogen-bond donors (Lipinski definition) is 2. The Kier molecular flexibility index (Phi) is 7.56. The zero-order valence-corrected chi connectivity index (χ0v) is 18.9. The van der Waals surface area contributed by atoms with Crippen LogP contribution in [-0.2, 0) is 19.6 Å². The van der Waals surface area contributed by atoms with Crippen LogP contribution in [0.3, 0.4) is 0 Å². The highest BCUT2D eigenvalue weighted by Crippen LogP contribution is 2.23. The number of nitrogens with one attached hydrogen (secondary N) is 2. The van der Waals surface area contributed by atoms with Gasteiger partial charge in [0.2, 0.25) is 10.0 Å². The van der Waals surface area contributed by atoms with E-state index in [1.807, 2.05) is 19.1 Å². The third kappa shape index (κ3) is 6.38. The zero-order valence-electron chi connectivity index (χ0n) is 16.5. The molecule has 2 aromatic rings. The molecule has 1 atom stereocenters. The van der Waals surface area contributed by atoms with Gasteiger partial charge in [-0.2, -0.15) is 0 Å². The molecule has 2 aromatic carbocycles. The van der Waals surface area contributed by atoms with Crippen LogP contribution < -0.4 is 10.0 Å². The summed E-state index contributed by atoms with van der Waals surface area (Å²) >= 11 is 3.22.